The van der Waals surface area contributed by atoms with E-state index >= 15 is 0 Å². The summed E-state index contributed by atoms with van der Waals surface area (Å²) in [7, 11) is -19.2. The van der Waals surface area contributed by atoms with Crippen molar-refractivity contribution < 1.29 is 72.3 Å². The highest BCUT2D eigenvalue weighted by molar-refractivity contribution is 7.86. The minimum absolute atomic E-state index is 0.0689. The first-order valence-electron chi connectivity index (χ1n) is 21.8. The maximum Gasteiger partial charge on any atom is 0.295 e. The average molecular weight is 1130 g/mol. The van der Waals surface area contributed by atoms with Crippen molar-refractivity contribution in [2.45, 2.75) is 97.9 Å². The van der Waals surface area contributed by atoms with Crippen LogP contribution in [0.1, 0.15) is 66.5 Å². The second kappa shape index (κ2) is 20.8. The van der Waals surface area contributed by atoms with Crippen molar-refractivity contribution in [2.75, 3.05) is 31.1 Å². The van der Waals surface area contributed by atoms with Gasteiger partial charge in [-0.15, -0.1) is 0 Å². The number of aromatic nitrogens is 6. The molecule has 0 aliphatic heterocycles. The van der Waals surface area contributed by atoms with Crippen molar-refractivity contribution in [1.82, 2.24) is 29.9 Å². The van der Waals surface area contributed by atoms with Crippen molar-refractivity contribution in [1.29, 1.82) is 0 Å². The monoisotopic (exact) mass is 1130 g/mol. The highest BCUT2D eigenvalue weighted by Gasteiger charge is 2.39. The molecule has 0 aliphatic carbocycles. The smallest absolute Gasteiger partial charge is 0.295 e. The maximum absolute atomic E-state index is 12.9. The summed E-state index contributed by atoms with van der Waals surface area (Å²) in [5.41, 5.74) is -7.42. The molecule has 0 saturated carbocycles. The molecule has 2 heterocycles. The second-order valence-electron chi connectivity index (χ2n) is 18.5. The van der Waals surface area contributed by atoms with E-state index in [1.165, 1.54) is 104 Å². The Labute approximate surface area is 436 Å². The van der Waals surface area contributed by atoms with Crippen molar-refractivity contribution in [3.63, 3.8) is 0 Å². The van der Waals surface area contributed by atoms with Crippen LogP contribution in [0.3, 0.4) is 0 Å². The summed E-state index contributed by atoms with van der Waals surface area (Å²) in [4.78, 5) is 25.6. The van der Waals surface area contributed by atoms with E-state index < -0.39 is 83.0 Å². The Bertz CT molecular complexity index is 3390. The molecule has 6 rings (SSSR count). The molecule has 28 nitrogen and oxygen atoms in total. The zero-order chi connectivity index (χ0) is 56.8. The minimum Gasteiger partial charge on any atom is -0.371 e. The Morgan fingerprint density at radius 3 is 0.868 bits per heavy atom. The van der Waals surface area contributed by atoms with Crippen LogP contribution in [0.4, 0.5) is 58.4 Å². The van der Waals surface area contributed by atoms with Crippen LogP contribution in [-0.4, -0.2) is 125 Å². The van der Waals surface area contributed by atoms with Crippen LogP contribution < -0.4 is 31.1 Å². The van der Waals surface area contributed by atoms with E-state index in [2.05, 4.69) is 51.2 Å². The van der Waals surface area contributed by atoms with Crippen molar-refractivity contribution in [3.8, 4) is 0 Å². The van der Waals surface area contributed by atoms with Gasteiger partial charge in [-0.1, -0.05) is 24.3 Å². The Morgan fingerprint density at radius 2 is 0.632 bits per heavy atom. The molecule has 0 unspecified atom stereocenters. The third-order valence-corrected chi connectivity index (χ3v) is 13.7. The number of aliphatic hydroxyl groups is 4. The van der Waals surface area contributed by atoms with Gasteiger partial charge in [0.05, 0.1) is 9.79 Å². The number of hydrogen-bond acceptors (Lipinski definition) is 24. The lowest BCUT2D eigenvalue weighted by molar-refractivity contribution is -0.0231. The standard InChI is InChI=1S/C44H52N12O16S4/c1-41(2,57)55(42(3,4)58)39-51-35(45-27-15-19-31(20-16-27)73(61,62)63)49-37(53-39)47-29-13-11-25(33(23-29)75(67,68)69)9-10-26-12-14-30(24-34(26)76(70,71)72)48-38-50-36(46-28-17-21-32(22-18-28)74(64,65)66)52-40(54-38)56(43(5,6)59)44(7,8)60/h9-24,57-60H,1-8H3,(H,61,62,63)(H,64,65,66)(H,67,68,69)(H,70,71,72)(H2,45,47,49,51,53)(H2,46,48,50,52,54). The van der Waals surface area contributed by atoms with E-state index in [1.807, 2.05) is 0 Å². The fourth-order valence-corrected chi connectivity index (χ4v) is 9.91. The average Bonchev–Trinajstić information content (AvgIpc) is 3.23. The maximum atomic E-state index is 12.9. The van der Waals surface area contributed by atoms with Crippen LogP contribution in [-0.2, 0) is 40.5 Å². The third kappa shape index (κ3) is 14.9. The summed E-state index contributed by atoms with van der Waals surface area (Å²) in [5, 5.41) is 55.4. The number of rotatable bonds is 20. The summed E-state index contributed by atoms with van der Waals surface area (Å²) in [6.45, 7) is 10.6. The van der Waals surface area contributed by atoms with Crippen LogP contribution in [0.15, 0.2) is 105 Å². The van der Waals surface area contributed by atoms with Crippen molar-refractivity contribution >= 4 is 111 Å². The van der Waals surface area contributed by atoms with Gasteiger partial charge >= 0.3 is 0 Å². The van der Waals surface area contributed by atoms with Gasteiger partial charge < -0.3 is 41.7 Å². The molecule has 0 aliphatic rings. The molecule has 0 bridgehead atoms. The van der Waals surface area contributed by atoms with E-state index in [-0.39, 0.29) is 69.6 Å². The van der Waals surface area contributed by atoms with Gasteiger partial charge in [-0.3, -0.25) is 28.0 Å². The number of benzene rings is 4. The van der Waals surface area contributed by atoms with Crippen molar-refractivity contribution in [2.24, 2.45) is 0 Å². The third-order valence-electron chi connectivity index (χ3n) is 10.2. The first-order chi connectivity index (χ1) is 34.7. The second-order valence-corrected chi connectivity index (χ2v) is 24.1. The van der Waals surface area contributed by atoms with Gasteiger partial charge in [-0.2, -0.15) is 63.6 Å². The molecule has 0 radical (unpaired) electrons. The largest absolute Gasteiger partial charge is 0.371 e. The van der Waals surface area contributed by atoms with E-state index in [9.17, 15) is 72.3 Å². The summed E-state index contributed by atoms with van der Waals surface area (Å²) >= 11 is 0. The predicted molar refractivity (Wildman–Crippen MR) is 277 cm³/mol. The number of hydrogen-bond donors (Lipinski definition) is 12. The van der Waals surface area contributed by atoms with Gasteiger partial charge in [0, 0.05) is 22.7 Å². The van der Waals surface area contributed by atoms with Crippen LogP contribution in [0, 0.1) is 0 Å². The summed E-state index contributed by atoms with van der Waals surface area (Å²) < 4.78 is 137. The molecule has 4 aromatic carbocycles. The number of nitrogens with zero attached hydrogens (tertiary/aromatic N) is 8. The van der Waals surface area contributed by atoms with Gasteiger partial charge in [0.15, 0.2) is 0 Å². The molecule has 0 atom stereocenters. The zero-order valence-corrected chi connectivity index (χ0v) is 44.6. The first-order valence-corrected chi connectivity index (χ1v) is 27.6. The normalized spacial score (nSPS) is 13.1. The number of anilines is 10. The van der Waals surface area contributed by atoms with E-state index in [0.29, 0.717) is 0 Å². The van der Waals surface area contributed by atoms with Crippen LogP contribution in [0.2, 0.25) is 0 Å². The van der Waals surface area contributed by atoms with Gasteiger partial charge in [0.25, 0.3) is 40.5 Å². The molecule has 0 fully saturated rings. The van der Waals surface area contributed by atoms with Crippen molar-refractivity contribution in [3.05, 3.63) is 96.1 Å². The fraction of sp³-hybridized carbons (Fsp3) is 0.273. The van der Waals surface area contributed by atoms with Crippen LogP contribution >= 0.6 is 0 Å². The molecule has 76 heavy (non-hydrogen) atoms. The minimum atomic E-state index is -5.08. The Balaban J connectivity index is 1.36. The lowest BCUT2D eigenvalue weighted by atomic mass is 10.1. The van der Waals surface area contributed by atoms with Gasteiger partial charge in [0.2, 0.25) is 35.7 Å². The van der Waals surface area contributed by atoms with Crippen LogP contribution in [0.25, 0.3) is 12.2 Å². The number of nitrogens with one attached hydrogen (secondary N) is 4. The highest BCUT2D eigenvalue weighted by Crippen LogP contribution is 2.34. The predicted octanol–water partition coefficient (Wildman–Crippen LogP) is 4.71. The summed E-state index contributed by atoms with van der Waals surface area (Å²) in [5.74, 6) is -1.79. The lowest BCUT2D eigenvalue weighted by Gasteiger charge is -2.42. The SMILES string of the molecule is CC(C)(O)N(c1nc(Nc2ccc(S(=O)(=O)O)cc2)nc(Nc2ccc(C=Cc3ccc(Nc4nc(Nc5ccc(S(=O)(=O)O)cc5)nc(N(C(C)(C)O)C(C)(C)O)n4)cc3S(=O)(=O)O)c(S(=O)(=O)O)c2)n1)C(C)(C)O. The molecule has 2 aromatic heterocycles. The Hall–Kier alpha value is -7.08. The topological polar surface area (TPSA) is 430 Å². The molecule has 6 aromatic rings. The van der Waals surface area contributed by atoms with Gasteiger partial charge in [0.1, 0.15) is 32.7 Å². The van der Waals surface area contributed by atoms with Crippen LogP contribution in [0.5, 0.6) is 0 Å². The quantitative estimate of drug-likeness (QED) is 0.0279. The molecule has 0 amide bonds. The molecular formula is C44H52N12O16S4. The van der Waals surface area contributed by atoms with E-state index in [1.54, 1.807) is 0 Å². The summed E-state index contributed by atoms with van der Waals surface area (Å²) in [6, 6.07) is 16.4. The highest BCUT2D eigenvalue weighted by atomic mass is 32.2. The Morgan fingerprint density at radius 1 is 0.382 bits per heavy atom. The first kappa shape index (κ1) is 58.2. The molecule has 408 valence electrons. The van der Waals surface area contributed by atoms with Gasteiger partial charge in [-0.05, 0) is 139 Å². The van der Waals surface area contributed by atoms with E-state index in [4.69, 9.17) is 0 Å². The zero-order valence-electron chi connectivity index (χ0n) is 41.3. The van der Waals surface area contributed by atoms with E-state index in [0.717, 1.165) is 58.4 Å². The molecule has 0 spiro atoms. The molecular weight excluding hydrogens is 1080 g/mol. The fourth-order valence-electron chi connectivity index (χ4n) is 7.53. The Kier molecular flexibility index (Phi) is 15.9. The molecule has 12 N–H and O–H groups in total. The molecule has 32 heteroatoms. The lowest BCUT2D eigenvalue weighted by Crippen LogP contribution is -2.56. The molecule has 0 saturated heterocycles. The van der Waals surface area contributed by atoms with Gasteiger partial charge in [-0.25, -0.2) is 0 Å². The summed E-state index contributed by atoms with van der Waals surface area (Å²) in [6.07, 6.45) is 2.23.